The fourth-order valence-electron chi connectivity index (χ4n) is 2.64. The molecule has 1 unspecified atom stereocenters. The van der Waals surface area contributed by atoms with Crippen molar-refractivity contribution in [3.63, 3.8) is 0 Å². The summed E-state index contributed by atoms with van der Waals surface area (Å²) in [6, 6.07) is 14.6. The highest BCUT2D eigenvalue weighted by atomic mass is 35.5. The van der Waals surface area contributed by atoms with Crippen molar-refractivity contribution in [3.8, 4) is 0 Å². The van der Waals surface area contributed by atoms with E-state index in [9.17, 15) is 4.79 Å². The highest BCUT2D eigenvalue weighted by Crippen LogP contribution is 2.25. The highest BCUT2D eigenvalue weighted by Gasteiger charge is 2.25. The van der Waals surface area contributed by atoms with Gasteiger partial charge in [-0.3, -0.25) is 4.79 Å². The Morgan fingerprint density at radius 1 is 1.04 bits per heavy atom. The Morgan fingerprint density at radius 3 is 2.00 bits per heavy atom. The van der Waals surface area contributed by atoms with Gasteiger partial charge in [-0.05, 0) is 35.4 Å². The van der Waals surface area contributed by atoms with Crippen LogP contribution in [-0.4, -0.2) is 31.7 Å². The Kier molecular flexibility index (Phi) is 7.54. The number of benzene rings is 2. The molecule has 1 fully saturated rings. The first kappa shape index (κ1) is 20.0. The molecule has 25 heavy (non-hydrogen) atoms. The standard InChI is InChI=1S/C18H18Cl2N2O2.ClH/c19-14-5-1-12(2-6-14)17(13-3-7-15(20)8-4-13)22-18(23)16-11-21-9-10-24-16;/h1-8,16-17,21H,9-11H2,(H,22,23);1H. The Hall–Kier alpha value is -1.30. The largest absolute Gasteiger partial charge is 0.366 e. The van der Waals surface area contributed by atoms with Crippen LogP contribution in [0.5, 0.6) is 0 Å². The van der Waals surface area contributed by atoms with E-state index in [-0.39, 0.29) is 24.4 Å². The number of carbonyl (C=O) groups excluding carboxylic acids is 1. The molecule has 0 bridgehead atoms. The number of amides is 1. The number of carbonyl (C=O) groups is 1. The third-order valence-electron chi connectivity index (χ3n) is 3.91. The molecule has 2 aromatic rings. The highest BCUT2D eigenvalue weighted by molar-refractivity contribution is 6.30. The van der Waals surface area contributed by atoms with Crippen molar-refractivity contribution in [1.82, 2.24) is 10.6 Å². The van der Waals surface area contributed by atoms with Crippen molar-refractivity contribution in [2.45, 2.75) is 12.1 Å². The van der Waals surface area contributed by atoms with Gasteiger partial charge in [-0.15, -0.1) is 12.4 Å². The minimum atomic E-state index is -0.485. The minimum Gasteiger partial charge on any atom is -0.366 e. The van der Waals surface area contributed by atoms with E-state index in [1.54, 1.807) is 0 Å². The molecule has 0 saturated carbocycles. The van der Waals surface area contributed by atoms with E-state index in [0.717, 1.165) is 17.7 Å². The number of hydrogen-bond acceptors (Lipinski definition) is 3. The minimum absolute atomic E-state index is 0. The number of ether oxygens (including phenoxy) is 1. The molecule has 2 aromatic carbocycles. The Bertz CT molecular complexity index is 641. The monoisotopic (exact) mass is 400 g/mol. The number of rotatable bonds is 4. The van der Waals surface area contributed by atoms with E-state index in [2.05, 4.69) is 10.6 Å². The van der Waals surface area contributed by atoms with Gasteiger partial charge in [0, 0.05) is 23.1 Å². The second kappa shape index (κ2) is 9.41. The van der Waals surface area contributed by atoms with Gasteiger partial charge in [-0.2, -0.15) is 0 Å². The molecular weight excluding hydrogens is 383 g/mol. The quantitative estimate of drug-likeness (QED) is 0.823. The normalized spacial score (nSPS) is 17.0. The van der Waals surface area contributed by atoms with Crippen molar-refractivity contribution in [1.29, 1.82) is 0 Å². The van der Waals surface area contributed by atoms with E-state index < -0.39 is 6.10 Å². The lowest BCUT2D eigenvalue weighted by Gasteiger charge is -2.26. The van der Waals surface area contributed by atoms with Crippen LogP contribution < -0.4 is 10.6 Å². The van der Waals surface area contributed by atoms with Gasteiger partial charge < -0.3 is 15.4 Å². The summed E-state index contributed by atoms with van der Waals surface area (Å²) in [5, 5.41) is 7.54. The fourth-order valence-corrected chi connectivity index (χ4v) is 2.89. The summed E-state index contributed by atoms with van der Waals surface area (Å²) in [5.41, 5.74) is 1.89. The van der Waals surface area contributed by atoms with Crippen molar-refractivity contribution in [2.24, 2.45) is 0 Å². The Balaban J connectivity index is 0.00000225. The second-order valence-corrected chi connectivity index (χ2v) is 6.48. The molecule has 1 amide bonds. The number of hydrogen-bond donors (Lipinski definition) is 2. The maximum Gasteiger partial charge on any atom is 0.251 e. The third kappa shape index (κ3) is 5.33. The Morgan fingerprint density at radius 2 is 1.56 bits per heavy atom. The van der Waals surface area contributed by atoms with E-state index >= 15 is 0 Å². The van der Waals surface area contributed by atoms with Gasteiger partial charge in [-0.1, -0.05) is 47.5 Å². The Labute approximate surface area is 163 Å². The predicted molar refractivity (Wildman–Crippen MR) is 103 cm³/mol. The molecule has 1 aliphatic heterocycles. The predicted octanol–water partition coefficient (Wildman–Crippen LogP) is 3.61. The van der Waals surface area contributed by atoms with Gasteiger partial charge >= 0.3 is 0 Å². The van der Waals surface area contributed by atoms with Crippen molar-refractivity contribution < 1.29 is 9.53 Å². The van der Waals surface area contributed by atoms with Crippen molar-refractivity contribution in [2.75, 3.05) is 19.7 Å². The molecule has 0 aromatic heterocycles. The van der Waals surface area contributed by atoms with Gasteiger partial charge in [-0.25, -0.2) is 0 Å². The van der Waals surface area contributed by atoms with Crippen LogP contribution in [0.15, 0.2) is 48.5 Å². The summed E-state index contributed by atoms with van der Waals surface area (Å²) in [7, 11) is 0. The zero-order valence-electron chi connectivity index (χ0n) is 13.4. The zero-order chi connectivity index (χ0) is 16.9. The van der Waals surface area contributed by atoms with Crippen molar-refractivity contribution in [3.05, 3.63) is 69.7 Å². The van der Waals surface area contributed by atoms with Crippen LogP contribution in [0.25, 0.3) is 0 Å². The van der Waals surface area contributed by atoms with Crippen LogP contribution in [0.4, 0.5) is 0 Å². The first-order valence-corrected chi connectivity index (χ1v) is 8.53. The molecule has 1 saturated heterocycles. The SMILES string of the molecule is Cl.O=C(NC(c1ccc(Cl)cc1)c1ccc(Cl)cc1)C1CNCCO1. The lowest BCUT2D eigenvalue weighted by Crippen LogP contribution is -2.48. The molecule has 1 atom stereocenters. The number of morpholine rings is 1. The lowest BCUT2D eigenvalue weighted by molar-refractivity contribution is -0.134. The van der Waals surface area contributed by atoms with Crippen LogP contribution in [0.2, 0.25) is 10.0 Å². The van der Waals surface area contributed by atoms with Gasteiger partial charge in [0.05, 0.1) is 12.6 Å². The molecule has 134 valence electrons. The number of halogens is 3. The average molecular weight is 402 g/mol. The topological polar surface area (TPSA) is 50.4 Å². The molecule has 1 aliphatic rings. The maximum atomic E-state index is 12.6. The average Bonchev–Trinajstić information content (AvgIpc) is 2.62. The summed E-state index contributed by atoms with van der Waals surface area (Å²) in [5.74, 6) is -0.142. The van der Waals surface area contributed by atoms with Gasteiger partial charge in [0.2, 0.25) is 0 Å². The van der Waals surface area contributed by atoms with Gasteiger partial charge in [0.15, 0.2) is 0 Å². The lowest BCUT2D eigenvalue weighted by atomic mass is 9.98. The molecule has 7 heteroatoms. The second-order valence-electron chi connectivity index (χ2n) is 5.61. The summed E-state index contributed by atoms with van der Waals surface area (Å²) in [4.78, 5) is 12.6. The molecule has 0 spiro atoms. The van der Waals surface area contributed by atoms with Crippen LogP contribution in [-0.2, 0) is 9.53 Å². The molecule has 0 radical (unpaired) electrons. The van der Waals surface area contributed by atoms with E-state index in [4.69, 9.17) is 27.9 Å². The van der Waals surface area contributed by atoms with E-state index in [0.29, 0.717) is 23.2 Å². The van der Waals surface area contributed by atoms with Crippen LogP contribution in [0.1, 0.15) is 17.2 Å². The molecule has 3 rings (SSSR count). The summed E-state index contributed by atoms with van der Waals surface area (Å²) >= 11 is 12.0. The molecule has 4 nitrogen and oxygen atoms in total. The first-order valence-electron chi connectivity index (χ1n) is 7.77. The molecule has 1 heterocycles. The number of nitrogens with one attached hydrogen (secondary N) is 2. The first-order chi connectivity index (χ1) is 11.6. The molecule has 0 aliphatic carbocycles. The summed E-state index contributed by atoms with van der Waals surface area (Å²) in [6.45, 7) is 1.81. The maximum absolute atomic E-state index is 12.6. The smallest absolute Gasteiger partial charge is 0.251 e. The molecule has 2 N–H and O–H groups in total. The summed E-state index contributed by atoms with van der Waals surface area (Å²) < 4.78 is 5.53. The van der Waals surface area contributed by atoms with Crippen LogP contribution in [0, 0.1) is 0 Å². The molecular formula is C18H19Cl3N2O2. The van der Waals surface area contributed by atoms with Crippen molar-refractivity contribution >= 4 is 41.5 Å². The van der Waals surface area contributed by atoms with Gasteiger partial charge in [0.1, 0.15) is 6.10 Å². The summed E-state index contributed by atoms with van der Waals surface area (Å²) in [6.07, 6.45) is -0.485. The zero-order valence-corrected chi connectivity index (χ0v) is 15.7. The van der Waals surface area contributed by atoms with Crippen LogP contribution >= 0.6 is 35.6 Å². The van der Waals surface area contributed by atoms with E-state index in [1.807, 2.05) is 48.5 Å². The fraction of sp³-hybridized carbons (Fsp3) is 0.278. The third-order valence-corrected chi connectivity index (χ3v) is 4.42. The van der Waals surface area contributed by atoms with Crippen LogP contribution in [0.3, 0.4) is 0 Å². The van der Waals surface area contributed by atoms with E-state index in [1.165, 1.54) is 0 Å². The van der Waals surface area contributed by atoms with Gasteiger partial charge in [0.25, 0.3) is 5.91 Å².